The van der Waals surface area contributed by atoms with Gasteiger partial charge in [-0.05, 0) is 19.8 Å². The van der Waals surface area contributed by atoms with Crippen LogP contribution >= 0.6 is 0 Å². The summed E-state index contributed by atoms with van der Waals surface area (Å²) < 4.78 is 0. The molecule has 1 amide bonds. The van der Waals surface area contributed by atoms with Crippen LogP contribution in [0.3, 0.4) is 0 Å². The Morgan fingerprint density at radius 2 is 2.08 bits per heavy atom. The first kappa shape index (κ1) is 12.4. The molecule has 3 heteroatoms. The minimum absolute atomic E-state index is 0.0257. The number of nitrogens with one attached hydrogen (secondary N) is 1. The van der Waals surface area contributed by atoms with Gasteiger partial charge in [-0.15, -0.1) is 0 Å². The van der Waals surface area contributed by atoms with E-state index in [0.717, 1.165) is 25.7 Å². The summed E-state index contributed by atoms with van der Waals surface area (Å²) in [5.74, 6) is 0.143. The molecular formula is C10H21NO2. The smallest absolute Gasteiger partial charge is 0.246 e. The molecule has 0 aromatic rings. The number of unbranched alkanes of at least 4 members (excludes halogenated alkanes) is 1. The summed E-state index contributed by atoms with van der Waals surface area (Å²) in [4.78, 5) is 16.3. The van der Waals surface area contributed by atoms with Crippen molar-refractivity contribution in [1.29, 1.82) is 0 Å². The number of amides is 1. The molecule has 0 bridgehead atoms. The van der Waals surface area contributed by atoms with Crippen LogP contribution in [0.2, 0.25) is 0 Å². The lowest BCUT2D eigenvalue weighted by molar-refractivity contribution is -0.137. The highest BCUT2D eigenvalue weighted by atomic mass is 16.6. The van der Waals surface area contributed by atoms with Gasteiger partial charge in [0.1, 0.15) is 0 Å². The highest BCUT2D eigenvalue weighted by Crippen LogP contribution is 2.12. The van der Waals surface area contributed by atoms with Crippen LogP contribution in [0.4, 0.5) is 0 Å². The molecule has 13 heavy (non-hydrogen) atoms. The van der Waals surface area contributed by atoms with Crippen LogP contribution in [-0.2, 0) is 9.63 Å². The van der Waals surface area contributed by atoms with Crippen molar-refractivity contribution in [2.24, 2.45) is 5.92 Å². The molecule has 0 spiro atoms. The Bertz CT molecular complexity index is 137. The molecule has 0 aliphatic heterocycles. The van der Waals surface area contributed by atoms with E-state index in [9.17, 15) is 4.79 Å². The van der Waals surface area contributed by atoms with Gasteiger partial charge >= 0.3 is 0 Å². The minimum atomic E-state index is 0.0257. The topological polar surface area (TPSA) is 38.3 Å². The van der Waals surface area contributed by atoms with Crippen LogP contribution in [0.15, 0.2) is 0 Å². The molecule has 0 saturated carbocycles. The predicted molar refractivity (Wildman–Crippen MR) is 53.1 cm³/mol. The van der Waals surface area contributed by atoms with Crippen molar-refractivity contribution < 1.29 is 9.63 Å². The molecule has 1 atom stereocenters. The molecule has 0 aliphatic rings. The second kappa shape index (κ2) is 8.05. The number of hydrogen-bond acceptors (Lipinski definition) is 2. The molecule has 0 radical (unpaired) electrons. The minimum Gasteiger partial charge on any atom is -0.274 e. The predicted octanol–water partition coefficient (Wildman–Crippen LogP) is 2.27. The molecule has 0 rings (SSSR count). The van der Waals surface area contributed by atoms with Crippen molar-refractivity contribution in [3.63, 3.8) is 0 Å². The summed E-state index contributed by atoms with van der Waals surface area (Å²) in [6.07, 6.45) is 4.10. The van der Waals surface area contributed by atoms with Crippen LogP contribution in [-0.4, -0.2) is 12.5 Å². The van der Waals surface area contributed by atoms with Crippen LogP contribution < -0.4 is 5.48 Å². The zero-order chi connectivity index (χ0) is 10.1. The van der Waals surface area contributed by atoms with Gasteiger partial charge in [0.05, 0.1) is 6.61 Å². The lowest BCUT2D eigenvalue weighted by Gasteiger charge is -2.13. The van der Waals surface area contributed by atoms with E-state index in [1.807, 2.05) is 13.8 Å². The van der Waals surface area contributed by atoms with E-state index in [2.05, 4.69) is 12.4 Å². The van der Waals surface area contributed by atoms with E-state index < -0.39 is 0 Å². The first-order valence-corrected chi connectivity index (χ1v) is 5.17. The summed E-state index contributed by atoms with van der Waals surface area (Å²) >= 11 is 0. The lowest BCUT2D eigenvalue weighted by atomic mass is 9.99. The van der Waals surface area contributed by atoms with Crippen LogP contribution in [0.25, 0.3) is 0 Å². The van der Waals surface area contributed by atoms with E-state index in [1.165, 1.54) is 0 Å². The third-order valence-electron chi connectivity index (χ3n) is 2.09. The highest BCUT2D eigenvalue weighted by molar-refractivity contribution is 5.77. The maximum absolute atomic E-state index is 11.4. The fourth-order valence-electron chi connectivity index (χ4n) is 1.20. The summed E-state index contributed by atoms with van der Waals surface area (Å²) in [6, 6.07) is 0. The van der Waals surface area contributed by atoms with E-state index in [1.54, 1.807) is 0 Å². The van der Waals surface area contributed by atoms with Gasteiger partial charge in [-0.3, -0.25) is 9.63 Å². The summed E-state index contributed by atoms with van der Waals surface area (Å²) in [6.45, 7) is 6.54. The average molecular weight is 187 g/mol. The van der Waals surface area contributed by atoms with Crippen molar-refractivity contribution >= 4 is 5.91 Å². The molecule has 0 aromatic carbocycles. The van der Waals surface area contributed by atoms with Gasteiger partial charge < -0.3 is 0 Å². The van der Waals surface area contributed by atoms with Gasteiger partial charge in [0.15, 0.2) is 0 Å². The zero-order valence-electron chi connectivity index (χ0n) is 8.93. The Morgan fingerprint density at radius 1 is 1.38 bits per heavy atom. The first-order chi connectivity index (χ1) is 6.26. The molecule has 0 aliphatic carbocycles. The largest absolute Gasteiger partial charge is 0.274 e. The molecule has 0 heterocycles. The fraction of sp³-hybridized carbons (Fsp3) is 0.900. The Labute approximate surface area is 80.8 Å². The SMILES string of the molecule is CCCCC(CC)C(=O)NOCC. The number of rotatable bonds is 7. The average Bonchev–Trinajstić information content (AvgIpc) is 2.16. The maximum Gasteiger partial charge on any atom is 0.246 e. The Morgan fingerprint density at radius 3 is 2.54 bits per heavy atom. The summed E-state index contributed by atoms with van der Waals surface area (Å²) in [7, 11) is 0. The molecule has 0 fully saturated rings. The van der Waals surface area contributed by atoms with Gasteiger partial charge in [-0.1, -0.05) is 26.7 Å². The quantitative estimate of drug-likeness (QED) is 0.621. The Kier molecular flexibility index (Phi) is 7.69. The zero-order valence-corrected chi connectivity index (χ0v) is 8.93. The summed E-state index contributed by atoms with van der Waals surface area (Å²) in [5.41, 5.74) is 2.45. The molecule has 1 unspecified atom stereocenters. The van der Waals surface area contributed by atoms with Gasteiger partial charge in [-0.2, -0.15) is 0 Å². The third kappa shape index (κ3) is 5.64. The van der Waals surface area contributed by atoms with Crippen molar-refractivity contribution in [2.75, 3.05) is 6.61 Å². The molecular weight excluding hydrogens is 166 g/mol. The Hall–Kier alpha value is -0.570. The molecule has 78 valence electrons. The number of hydrogen-bond donors (Lipinski definition) is 1. The number of hydroxylamine groups is 1. The van der Waals surface area contributed by atoms with Crippen molar-refractivity contribution in [1.82, 2.24) is 5.48 Å². The maximum atomic E-state index is 11.4. The molecule has 1 N–H and O–H groups in total. The van der Waals surface area contributed by atoms with E-state index in [4.69, 9.17) is 4.84 Å². The van der Waals surface area contributed by atoms with Gasteiger partial charge in [0.25, 0.3) is 0 Å². The second-order valence-corrected chi connectivity index (χ2v) is 3.15. The van der Waals surface area contributed by atoms with Crippen molar-refractivity contribution in [3.05, 3.63) is 0 Å². The third-order valence-corrected chi connectivity index (χ3v) is 2.09. The number of carbonyl (C=O) groups excluding carboxylic acids is 1. The van der Waals surface area contributed by atoms with Crippen molar-refractivity contribution in [3.8, 4) is 0 Å². The molecule has 0 aromatic heterocycles. The normalized spacial score (nSPS) is 12.5. The number of carbonyl (C=O) groups is 1. The van der Waals surface area contributed by atoms with E-state index >= 15 is 0 Å². The van der Waals surface area contributed by atoms with Gasteiger partial charge in [0.2, 0.25) is 5.91 Å². The second-order valence-electron chi connectivity index (χ2n) is 3.15. The van der Waals surface area contributed by atoms with E-state index in [-0.39, 0.29) is 11.8 Å². The van der Waals surface area contributed by atoms with Crippen LogP contribution in [0.5, 0.6) is 0 Å². The van der Waals surface area contributed by atoms with Crippen LogP contribution in [0.1, 0.15) is 46.5 Å². The van der Waals surface area contributed by atoms with Gasteiger partial charge in [-0.25, -0.2) is 5.48 Å². The Balaban J connectivity index is 3.71. The van der Waals surface area contributed by atoms with Crippen LogP contribution in [0, 0.1) is 5.92 Å². The highest BCUT2D eigenvalue weighted by Gasteiger charge is 2.14. The fourth-order valence-corrected chi connectivity index (χ4v) is 1.20. The molecule has 0 saturated heterocycles. The van der Waals surface area contributed by atoms with E-state index in [0.29, 0.717) is 6.61 Å². The van der Waals surface area contributed by atoms with Crippen molar-refractivity contribution in [2.45, 2.75) is 46.5 Å². The lowest BCUT2D eigenvalue weighted by Crippen LogP contribution is -2.30. The molecule has 3 nitrogen and oxygen atoms in total. The first-order valence-electron chi connectivity index (χ1n) is 5.17. The monoisotopic (exact) mass is 187 g/mol. The van der Waals surface area contributed by atoms with Gasteiger partial charge in [0, 0.05) is 5.92 Å². The standard InChI is InChI=1S/C10H21NO2/c1-4-7-8-9(5-2)10(12)11-13-6-3/h9H,4-8H2,1-3H3,(H,11,12). The summed E-state index contributed by atoms with van der Waals surface area (Å²) in [5, 5.41) is 0.